The van der Waals surface area contributed by atoms with E-state index in [9.17, 15) is 0 Å². The van der Waals surface area contributed by atoms with E-state index in [1.807, 2.05) is 0 Å². The van der Waals surface area contributed by atoms with E-state index in [0.717, 1.165) is 24.8 Å². The Morgan fingerprint density at radius 1 is 0.867 bits per heavy atom. The molecule has 0 aromatic carbocycles. The Bertz CT molecular complexity index is 305. The van der Waals surface area contributed by atoms with E-state index in [1.54, 1.807) is 0 Å². The van der Waals surface area contributed by atoms with Crippen molar-refractivity contribution in [1.29, 1.82) is 0 Å². The van der Waals surface area contributed by atoms with Crippen molar-refractivity contribution in [3.8, 4) is 0 Å². The van der Waals surface area contributed by atoms with Gasteiger partial charge in [-0.25, -0.2) is 0 Å². The van der Waals surface area contributed by atoms with Crippen LogP contribution in [0.1, 0.15) is 13.8 Å². The summed E-state index contributed by atoms with van der Waals surface area (Å²) in [6.07, 6.45) is 17.6. The van der Waals surface area contributed by atoms with E-state index in [0.29, 0.717) is 0 Å². The Kier molecular flexibility index (Phi) is 3.00. The Hall–Kier alpha value is -0.210. The van der Waals surface area contributed by atoms with Gasteiger partial charge in [-0.3, -0.25) is 0 Å². The molecule has 2 heteroatoms. The van der Waals surface area contributed by atoms with Crippen LogP contribution in [0.4, 0.5) is 0 Å². The zero-order chi connectivity index (χ0) is 10.9. The second-order valence-electron chi connectivity index (χ2n) is 4.67. The normalized spacial score (nSPS) is 24.4. The first kappa shape index (κ1) is 11.3. The fraction of sp³-hybridized carbons (Fsp3) is 0.385. The maximum atomic E-state index is 5.86. The van der Waals surface area contributed by atoms with Crippen LogP contribution in [0.3, 0.4) is 0 Å². The van der Waals surface area contributed by atoms with Crippen molar-refractivity contribution >= 4 is 0 Å². The third kappa shape index (κ3) is 1.90. The molecular weight excluding hydrogens is 351 g/mol. The maximum absolute atomic E-state index is 5.86. The van der Waals surface area contributed by atoms with Crippen LogP contribution in [0.5, 0.6) is 0 Å². The number of hydrogen-bond acceptors (Lipinski definition) is 1. The first-order valence-electron chi connectivity index (χ1n) is 5.17. The number of allylic oxidation sites excluding steroid dienone is 4. The average molecular weight is 366 g/mol. The van der Waals surface area contributed by atoms with Crippen LogP contribution in [0.15, 0.2) is 48.6 Å². The molecule has 77 valence electrons. The van der Waals surface area contributed by atoms with Crippen molar-refractivity contribution in [3.63, 3.8) is 0 Å². The molecule has 0 fully saturated rings. The second-order valence-corrected chi connectivity index (χ2v) is 5.51. The van der Waals surface area contributed by atoms with E-state index in [2.05, 4.69) is 62.5 Å². The molecule has 2 aliphatic rings. The molecule has 0 atom stereocenters. The Morgan fingerprint density at radius 3 is 1.47 bits per heavy atom. The van der Waals surface area contributed by atoms with E-state index in [4.69, 9.17) is 2.85 Å². The van der Waals surface area contributed by atoms with Gasteiger partial charge in [-0.2, -0.15) is 0 Å². The molecule has 0 aromatic rings. The molecule has 0 heterocycles. The summed E-state index contributed by atoms with van der Waals surface area (Å²) >= 11 is 0.772. The van der Waals surface area contributed by atoms with Crippen molar-refractivity contribution in [1.82, 2.24) is 0 Å². The van der Waals surface area contributed by atoms with Gasteiger partial charge < -0.3 is 0 Å². The molecule has 0 radical (unpaired) electrons. The standard InChI is InChI=1S/C13H15O.Hf/c1-12(7-3-4-8-12)11(14)13(2)9-5-6-10-13;/h3-11H,1-2H3;/q-1;+1. The van der Waals surface area contributed by atoms with Gasteiger partial charge >= 0.3 is 107 Å². The van der Waals surface area contributed by atoms with Gasteiger partial charge in [-0.15, -0.1) is 0 Å². The van der Waals surface area contributed by atoms with Crippen LogP contribution in [0.2, 0.25) is 0 Å². The molecule has 0 bridgehead atoms. The van der Waals surface area contributed by atoms with E-state index in [-0.39, 0.29) is 16.9 Å². The fourth-order valence-corrected chi connectivity index (χ4v) is 4.26. The van der Waals surface area contributed by atoms with Gasteiger partial charge in [-0.1, -0.05) is 0 Å². The van der Waals surface area contributed by atoms with Crippen LogP contribution in [-0.4, -0.2) is 6.10 Å². The van der Waals surface area contributed by atoms with Gasteiger partial charge in [0.15, 0.2) is 0 Å². The summed E-state index contributed by atoms with van der Waals surface area (Å²) in [5.74, 6) is 0. The molecule has 0 aromatic heterocycles. The summed E-state index contributed by atoms with van der Waals surface area (Å²) in [6.45, 7) is 4.47. The first-order chi connectivity index (χ1) is 7.11. The third-order valence-electron chi connectivity index (χ3n) is 3.29. The number of rotatable bonds is 3. The van der Waals surface area contributed by atoms with Gasteiger partial charge in [0.2, 0.25) is 0 Å². The molecule has 0 N–H and O–H groups in total. The summed E-state index contributed by atoms with van der Waals surface area (Å²) < 4.78 is 5.86. The molecule has 0 amide bonds. The quantitative estimate of drug-likeness (QED) is 0.698. The predicted octanol–water partition coefficient (Wildman–Crippen LogP) is 3.10. The van der Waals surface area contributed by atoms with Crippen molar-refractivity contribution in [2.45, 2.75) is 20.0 Å². The molecular formula is C13H15HfO. The van der Waals surface area contributed by atoms with Crippen molar-refractivity contribution in [2.75, 3.05) is 0 Å². The van der Waals surface area contributed by atoms with Crippen LogP contribution >= 0.6 is 0 Å². The van der Waals surface area contributed by atoms with Gasteiger partial charge in [0.25, 0.3) is 0 Å². The molecule has 0 saturated carbocycles. The zero-order valence-corrected chi connectivity index (χ0v) is 12.7. The molecule has 2 aliphatic carbocycles. The Balaban J connectivity index is 2.32. The number of hydrogen-bond donors (Lipinski definition) is 0. The minimum absolute atomic E-state index is 0.0372. The zero-order valence-electron chi connectivity index (χ0n) is 9.10. The Labute approximate surface area is 107 Å². The molecule has 15 heavy (non-hydrogen) atoms. The van der Waals surface area contributed by atoms with Crippen LogP contribution < -0.4 is 0 Å². The average Bonchev–Trinajstić information content (AvgIpc) is 2.77. The van der Waals surface area contributed by atoms with E-state index in [1.165, 1.54) is 0 Å². The van der Waals surface area contributed by atoms with Gasteiger partial charge in [0, 0.05) is 0 Å². The third-order valence-corrected chi connectivity index (χ3v) is 4.14. The predicted molar refractivity (Wildman–Crippen MR) is 57.6 cm³/mol. The molecule has 0 saturated heterocycles. The van der Waals surface area contributed by atoms with Crippen LogP contribution in [0, 0.1) is 10.8 Å². The fourth-order valence-electron chi connectivity index (χ4n) is 2.44. The summed E-state index contributed by atoms with van der Waals surface area (Å²) in [5, 5.41) is 0. The van der Waals surface area contributed by atoms with Crippen LogP contribution in [-0.2, 0) is 27.7 Å². The van der Waals surface area contributed by atoms with E-state index < -0.39 is 0 Å². The molecule has 0 spiro atoms. The summed E-state index contributed by atoms with van der Waals surface area (Å²) in [4.78, 5) is 0. The summed E-state index contributed by atoms with van der Waals surface area (Å²) in [7, 11) is 0. The van der Waals surface area contributed by atoms with Gasteiger partial charge in [0.1, 0.15) is 0 Å². The van der Waals surface area contributed by atoms with Gasteiger partial charge in [0.05, 0.1) is 0 Å². The summed E-state index contributed by atoms with van der Waals surface area (Å²) in [5.41, 5.74) is 0.0744. The molecule has 2 rings (SSSR count). The minimum atomic E-state index is 0.0372. The molecule has 1 nitrogen and oxygen atoms in total. The van der Waals surface area contributed by atoms with Crippen molar-refractivity contribution in [2.24, 2.45) is 10.8 Å². The van der Waals surface area contributed by atoms with Gasteiger partial charge in [-0.05, 0) is 0 Å². The van der Waals surface area contributed by atoms with E-state index >= 15 is 0 Å². The van der Waals surface area contributed by atoms with Crippen molar-refractivity contribution in [3.05, 3.63) is 48.6 Å². The molecule has 0 aliphatic heterocycles. The SMILES string of the molecule is CC1(C([O][Hf])C2(C)C=CC=C2)C=CC=C1. The first-order valence-corrected chi connectivity index (χ1v) is 6.64. The topological polar surface area (TPSA) is 9.23 Å². The Morgan fingerprint density at radius 2 is 1.20 bits per heavy atom. The van der Waals surface area contributed by atoms with Crippen LogP contribution in [0.25, 0.3) is 0 Å². The summed E-state index contributed by atoms with van der Waals surface area (Å²) in [6, 6.07) is 0. The second kappa shape index (κ2) is 3.99. The van der Waals surface area contributed by atoms with Crippen molar-refractivity contribution < 1.29 is 27.7 Å². The molecule has 0 unspecified atom stereocenters. The monoisotopic (exact) mass is 367 g/mol.